The summed E-state index contributed by atoms with van der Waals surface area (Å²) in [6, 6.07) is 16.2. The monoisotopic (exact) mass is 857 g/mol. The van der Waals surface area contributed by atoms with Gasteiger partial charge in [0.2, 0.25) is 11.8 Å². The number of benzene rings is 3. The van der Waals surface area contributed by atoms with Crippen molar-refractivity contribution in [2.24, 2.45) is 0 Å². The summed E-state index contributed by atoms with van der Waals surface area (Å²) in [5.41, 5.74) is -3.54. The third-order valence-corrected chi connectivity index (χ3v) is 10.4. The van der Waals surface area contributed by atoms with Gasteiger partial charge in [-0.2, -0.15) is 18.4 Å². The van der Waals surface area contributed by atoms with Gasteiger partial charge in [-0.1, -0.05) is 6.07 Å². The van der Waals surface area contributed by atoms with Gasteiger partial charge in [0, 0.05) is 12.0 Å². The van der Waals surface area contributed by atoms with Crippen LogP contribution in [0.25, 0.3) is 11.3 Å². The third-order valence-electron chi connectivity index (χ3n) is 10.1. The molecule has 0 bridgehead atoms. The highest BCUT2D eigenvalue weighted by Crippen LogP contribution is 2.42. The predicted molar refractivity (Wildman–Crippen MR) is 210 cm³/mol. The second-order valence-electron chi connectivity index (χ2n) is 14.3. The van der Waals surface area contributed by atoms with Gasteiger partial charge in [-0.25, -0.2) is 4.39 Å². The summed E-state index contributed by atoms with van der Waals surface area (Å²) < 4.78 is 67.8. The SMILES string of the molecule is CC1(C)C(=O)N(c2ccc(C#N)c(C(F)(F)F)c2F)C(=S)N1c1ccc(-c2ccc(OCCNC(=O)COc3cccc4c3C(=O)N(C3CCC(=O)NC3=O)C4=O)cc2)nc1. The van der Waals surface area contributed by atoms with E-state index in [9.17, 15) is 41.9 Å². The van der Waals surface area contributed by atoms with Crippen LogP contribution in [-0.2, 0) is 25.4 Å². The van der Waals surface area contributed by atoms with Crippen LogP contribution in [0.15, 0.2) is 72.9 Å². The maximum atomic E-state index is 15.4. The molecule has 4 aromatic rings. The van der Waals surface area contributed by atoms with Crippen LogP contribution in [0.4, 0.5) is 28.9 Å². The molecule has 312 valence electrons. The minimum Gasteiger partial charge on any atom is -0.492 e. The number of nitrogens with zero attached hydrogens (tertiary/aromatic N) is 5. The Bertz CT molecular complexity index is 2580. The van der Waals surface area contributed by atoms with E-state index in [0.717, 1.165) is 17.0 Å². The van der Waals surface area contributed by atoms with Crippen molar-refractivity contribution >= 4 is 64.1 Å². The first-order valence-corrected chi connectivity index (χ1v) is 18.8. The van der Waals surface area contributed by atoms with Crippen molar-refractivity contribution in [1.82, 2.24) is 20.5 Å². The van der Waals surface area contributed by atoms with Crippen LogP contribution in [0.3, 0.4) is 0 Å². The maximum Gasteiger partial charge on any atom is 0.420 e. The summed E-state index contributed by atoms with van der Waals surface area (Å²) in [5.74, 6) is -5.42. The number of fused-ring (bicyclic) bond motifs is 1. The summed E-state index contributed by atoms with van der Waals surface area (Å²) in [6.07, 6.45) is -3.84. The van der Waals surface area contributed by atoms with E-state index in [1.165, 1.54) is 49.2 Å². The van der Waals surface area contributed by atoms with E-state index in [4.69, 9.17) is 27.0 Å². The van der Waals surface area contributed by atoms with Gasteiger partial charge in [-0.15, -0.1) is 0 Å². The zero-order valence-corrected chi connectivity index (χ0v) is 32.8. The molecule has 1 atom stereocenters. The van der Waals surface area contributed by atoms with Crippen LogP contribution in [0.2, 0.25) is 0 Å². The van der Waals surface area contributed by atoms with Gasteiger partial charge in [0.05, 0.1) is 52.6 Å². The number of anilines is 2. The molecule has 0 saturated carbocycles. The van der Waals surface area contributed by atoms with Crippen molar-refractivity contribution in [3.63, 3.8) is 0 Å². The molecular weight excluding hydrogens is 827 g/mol. The smallest absolute Gasteiger partial charge is 0.420 e. The Morgan fingerprint density at radius 1 is 1.02 bits per heavy atom. The van der Waals surface area contributed by atoms with E-state index < -0.39 is 82.4 Å². The number of pyridine rings is 1. The quantitative estimate of drug-likeness (QED) is 0.0919. The zero-order chi connectivity index (χ0) is 44.0. The van der Waals surface area contributed by atoms with Crippen molar-refractivity contribution in [3.8, 4) is 28.8 Å². The number of hydrogen-bond acceptors (Lipinski definition) is 11. The third kappa shape index (κ3) is 7.70. The number of piperidine rings is 1. The van der Waals surface area contributed by atoms with E-state index in [0.29, 0.717) is 27.6 Å². The molecule has 3 aliphatic rings. The molecule has 0 aliphatic carbocycles. The number of nitrogens with one attached hydrogen (secondary N) is 2. The Labute approximate surface area is 348 Å². The lowest BCUT2D eigenvalue weighted by atomic mass is 10.0. The molecule has 15 nitrogen and oxygen atoms in total. The Kier molecular flexibility index (Phi) is 11.0. The molecule has 7 rings (SSSR count). The van der Waals surface area contributed by atoms with Crippen molar-refractivity contribution in [2.45, 2.75) is 44.4 Å². The number of carbonyl (C=O) groups is 6. The van der Waals surface area contributed by atoms with E-state index in [1.807, 2.05) is 0 Å². The minimum atomic E-state index is -5.21. The van der Waals surface area contributed by atoms with E-state index in [2.05, 4.69) is 15.6 Å². The molecule has 0 radical (unpaired) electrons. The van der Waals surface area contributed by atoms with Gasteiger partial charge in [0.25, 0.3) is 23.6 Å². The Hall–Kier alpha value is -7.27. The van der Waals surface area contributed by atoms with Gasteiger partial charge in [-0.3, -0.25) is 48.9 Å². The molecule has 2 fully saturated rings. The van der Waals surface area contributed by atoms with Gasteiger partial charge in [0.15, 0.2) is 17.5 Å². The number of carbonyl (C=O) groups excluding carboxylic acids is 6. The minimum absolute atomic E-state index is 0.00912. The van der Waals surface area contributed by atoms with Crippen LogP contribution < -0.4 is 29.9 Å². The lowest BCUT2D eigenvalue weighted by molar-refractivity contribution is -0.140. The second kappa shape index (κ2) is 16.1. The molecule has 3 aromatic carbocycles. The van der Waals surface area contributed by atoms with E-state index in [-0.39, 0.29) is 48.0 Å². The van der Waals surface area contributed by atoms with Crippen molar-refractivity contribution in [2.75, 3.05) is 29.6 Å². The number of ether oxygens (including phenoxy) is 2. The number of aromatic nitrogens is 1. The first kappa shape index (κ1) is 41.9. The average Bonchev–Trinajstić information content (AvgIpc) is 3.57. The van der Waals surface area contributed by atoms with Crippen LogP contribution in [0, 0.1) is 17.1 Å². The molecule has 6 amide bonds. The fourth-order valence-corrected chi connectivity index (χ4v) is 7.63. The number of rotatable bonds is 11. The summed E-state index contributed by atoms with van der Waals surface area (Å²) >= 11 is 5.50. The Morgan fingerprint density at radius 2 is 1.75 bits per heavy atom. The van der Waals surface area contributed by atoms with Crippen LogP contribution in [0.5, 0.6) is 11.5 Å². The lowest BCUT2D eigenvalue weighted by Gasteiger charge is -2.29. The molecule has 61 heavy (non-hydrogen) atoms. The number of nitriles is 1. The molecule has 4 heterocycles. The summed E-state index contributed by atoms with van der Waals surface area (Å²) in [4.78, 5) is 83.6. The number of amides is 6. The largest absolute Gasteiger partial charge is 0.492 e. The van der Waals surface area contributed by atoms with E-state index in [1.54, 1.807) is 36.4 Å². The molecule has 20 heteroatoms. The number of thiocarbonyl (C=S) groups is 1. The van der Waals surface area contributed by atoms with Crippen LogP contribution in [0.1, 0.15) is 58.5 Å². The summed E-state index contributed by atoms with van der Waals surface area (Å²) in [7, 11) is 0. The molecule has 0 spiro atoms. The molecule has 3 aliphatic heterocycles. The predicted octanol–water partition coefficient (Wildman–Crippen LogP) is 4.67. The van der Waals surface area contributed by atoms with Gasteiger partial charge >= 0.3 is 6.18 Å². The number of imide groups is 2. The van der Waals surface area contributed by atoms with Gasteiger partial charge in [0.1, 0.15) is 35.3 Å². The molecular formula is C41H31F4N7O8S. The number of hydrogen-bond donors (Lipinski definition) is 2. The number of halogens is 4. The summed E-state index contributed by atoms with van der Waals surface area (Å²) in [6.45, 7) is 2.60. The zero-order valence-electron chi connectivity index (χ0n) is 32.0. The first-order chi connectivity index (χ1) is 28.9. The highest BCUT2D eigenvalue weighted by Gasteiger charge is 2.52. The lowest BCUT2D eigenvalue weighted by Crippen LogP contribution is -2.54. The standard InChI is InChI=1S/C41H31F4N7O8S/c1-40(2)38(58)51(27-13-8-22(18-46)33(34(27)42)41(43,44)45)39(61)52(40)23-9-12-26(48-19-23)21-6-10-24(11-7-21)59-17-16-47-31(54)20-60-29-5-3-4-25-32(29)37(57)50(36(25)56)28-14-15-30(53)49-35(28)55/h3-13,19,28H,14-17,20H2,1-2H3,(H,47,54)(H,49,53,55). The second-order valence-corrected chi connectivity index (χ2v) is 14.7. The summed E-state index contributed by atoms with van der Waals surface area (Å²) in [5, 5.41) is 13.6. The fourth-order valence-electron chi connectivity index (χ4n) is 7.12. The van der Waals surface area contributed by atoms with Crippen LogP contribution >= 0.6 is 12.2 Å². The highest BCUT2D eigenvalue weighted by atomic mass is 32.1. The molecule has 2 saturated heterocycles. The van der Waals surface area contributed by atoms with Crippen molar-refractivity contribution in [1.29, 1.82) is 5.26 Å². The molecule has 2 N–H and O–H groups in total. The van der Waals surface area contributed by atoms with Crippen LogP contribution in [-0.4, -0.2) is 81.8 Å². The fraction of sp³-hybridized carbons (Fsp3) is 0.244. The normalized spacial score (nSPS) is 17.3. The average molecular weight is 858 g/mol. The topological polar surface area (TPSA) is 191 Å². The number of alkyl halides is 3. The Morgan fingerprint density at radius 3 is 2.41 bits per heavy atom. The van der Waals surface area contributed by atoms with Crippen molar-refractivity contribution in [3.05, 3.63) is 101 Å². The van der Waals surface area contributed by atoms with Gasteiger partial charge < -0.3 is 19.7 Å². The Balaban J connectivity index is 0.922. The molecule has 1 unspecified atom stereocenters. The first-order valence-electron chi connectivity index (χ1n) is 18.4. The molecule has 1 aromatic heterocycles. The maximum absolute atomic E-state index is 15.4. The van der Waals surface area contributed by atoms with Gasteiger partial charge in [-0.05, 0) is 93.1 Å². The van der Waals surface area contributed by atoms with E-state index >= 15 is 4.39 Å². The van der Waals surface area contributed by atoms with Crippen molar-refractivity contribution < 1.29 is 55.8 Å². The highest BCUT2D eigenvalue weighted by molar-refractivity contribution is 7.81.